The molecule has 0 radical (unpaired) electrons. The lowest BCUT2D eigenvalue weighted by Gasteiger charge is -2.14. The Morgan fingerprint density at radius 1 is 0.962 bits per heavy atom. The van der Waals surface area contributed by atoms with E-state index in [9.17, 15) is 4.79 Å². The topological polar surface area (TPSA) is 68.8 Å². The van der Waals surface area contributed by atoms with E-state index in [1.54, 1.807) is 12.1 Å². The number of amides is 1. The van der Waals surface area contributed by atoms with Crippen molar-refractivity contribution in [3.8, 4) is 17.2 Å². The lowest BCUT2D eigenvalue weighted by Crippen LogP contribution is -2.31. The van der Waals surface area contributed by atoms with Crippen molar-refractivity contribution in [3.05, 3.63) is 53.1 Å². The van der Waals surface area contributed by atoms with Gasteiger partial charge in [-0.25, -0.2) is 0 Å². The van der Waals surface area contributed by atoms with E-state index in [1.165, 1.54) is 32.5 Å². The number of ether oxygens (including phenoxy) is 3. The number of benzene rings is 2. The summed E-state index contributed by atoms with van der Waals surface area (Å²) in [5, 5.41) is 6.22. The molecule has 0 atom stereocenters. The SMILES string of the molecule is COc1cc(C(=O)NCCNCc2ccccc2C)cc(OC)c1OC. The summed E-state index contributed by atoms with van der Waals surface area (Å²) < 4.78 is 15.8. The summed E-state index contributed by atoms with van der Waals surface area (Å²) in [5.41, 5.74) is 2.96. The van der Waals surface area contributed by atoms with Crippen LogP contribution in [0.25, 0.3) is 0 Å². The summed E-state index contributed by atoms with van der Waals surface area (Å²) in [7, 11) is 4.57. The second-order valence-corrected chi connectivity index (χ2v) is 5.77. The van der Waals surface area contributed by atoms with Gasteiger partial charge in [-0.15, -0.1) is 0 Å². The minimum Gasteiger partial charge on any atom is -0.493 e. The van der Waals surface area contributed by atoms with Crippen molar-refractivity contribution in [2.24, 2.45) is 0 Å². The number of nitrogens with one attached hydrogen (secondary N) is 2. The van der Waals surface area contributed by atoms with Crippen molar-refractivity contribution in [2.45, 2.75) is 13.5 Å². The first-order chi connectivity index (χ1) is 12.6. The van der Waals surface area contributed by atoms with Gasteiger partial charge in [0.2, 0.25) is 5.75 Å². The van der Waals surface area contributed by atoms with Crippen LogP contribution in [0.2, 0.25) is 0 Å². The summed E-state index contributed by atoms with van der Waals surface area (Å²) in [6, 6.07) is 11.5. The van der Waals surface area contributed by atoms with Gasteiger partial charge < -0.3 is 24.8 Å². The molecule has 0 saturated heterocycles. The van der Waals surface area contributed by atoms with Gasteiger partial charge >= 0.3 is 0 Å². The van der Waals surface area contributed by atoms with Gasteiger partial charge in [-0.3, -0.25) is 4.79 Å². The monoisotopic (exact) mass is 358 g/mol. The van der Waals surface area contributed by atoms with Crippen molar-refractivity contribution in [3.63, 3.8) is 0 Å². The van der Waals surface area contributed by atoms with Crippen molar-refractivity contribution < 1.29 is 19.0 Å². The van der Waals surface area contributed by atoms with E-state index in [2.05, 4.69) is 29.7 Å². The number of hydrogen-bond donors (Lipinski definition) is 2. The molecular weight excluding hydrogens is 332 g/mol. The largest absolute Gasteiger partial charge is 0.493 e. The maximum atomic E-state index is 12.4. The Labute approximate surface area is 154 Å². The van der Waals surface area contributed by atoms with Crippen LogP contribution in [-0.4, -0.2) is 40.3 Å². The molecule has 0 aromatic heterocycles. The molecule has 1 amide bonds. The van der Waals surface area contributed by atoms with Gasteiger partial charge in [0.1, 0.15) is 0 Å². The highest BCUT2D eigenvalue weighted by Crippen LogP contribution is 2.38. The minimum absolute atomic E-state index is 0.193. The number of carbonyl (C=O) groups excluding carboxylic acids is 1. The van der Waals surface area contributed by atoms with E-state index < -0.39 is 0 Å². The van der Waals surface area contributed by atoms with Gasteiger partial charge in [-0.1, -0.05) is 24.3 Å². The molecule has 0 aliphatic carbocycles. The van der Waals surface area contributed by atoms with E-state index >= 15 is 0 Å². The third-order valence-electron chi connectivity index (χ3n) is 4.09. The highest BCUT2D eigenvalue weighted by atomic mass is 16.5. The molecular formula is C20H26N2O4. The van der Waals surface area contributed by atoms with Gasteiger partial charge in [0.25, 0.3) is 5.91 Å². The summed E-state index contributed by atoms with van der Waals surface area (Å²) >= 11 is 0. The molecule has 0 bridgehead atoms. The highest BCUT2D eigenvalue weighted by Gasteiger charge is 2.16. The third-order valence-corrected chi connectivity index (χ3v) is 4.09. The lowest BCUT2D eigenvalue weighted by atomic mass is 10.1. The van der Waals surface area contributed by atoms with Crippen LogP contribution >= 0.6 is 0 Å². The fraction of sp³-hybridized carbons (Fsp3) is 0.350. The van der Waals surface area contributed by atoms with Crippen LogP contribution in [0.3, 0.4) is 0 Å². The van der Waals surface area contributed by atoms with Crippen LogP contribution < -0.4 is 24.8 Å². The lowest BCUT2D eigenvalue weighted by molar-refractivity contribution is 0.0953. The van der Waals surface area contributed by atoms with Crippen molar-refractivity contribution >= 4 is 5.91 Å². The van der Waals surface area contributed by atoms with Crippen LogP contribution in [0.1, 0.15) is 21.5 Å². The second-order valence-electron chi connectivity index (χ2n) is 5.77. The molecule has 0 aliphatic rings. The summed E-state index contributed by atoms with van der Waals surface area (Å²) in [4.78, 5) is 12.4. The van der Waals surface area contributed by atoms with Gasteiger partial charge in [0.15, 0.2) is 11.5 Å². The fourth-order valence-corrected chi connectivity index (χ4v) is 2.61. The first-order valence-corrected chi connectivity index (χ1v) is 8.44. The molecule has 2 aromatic rings. The Morgan fingerprint density at radius 3 is 2.19 bits per heavy atom. The molecule has 26 heavy (non-hydrogen) atoms. The van der Waals surface area contributed by atoms with Crippen LogP contribution in [-0.2, 0) is 6.54 Å². The van der Waals surface area contributed by atoms with Crippen LogP contribution in [0.5, 0.6) is 17.2 Å². The predicted molar refractivity (Wildman–Crippen MR) is 101 cm³/mol. The second kappa shape index (κ2) is 9.68. The van der Waals surface area contributed by atoms with E-state index in [0.29, 0.717) is 35.9 Å². The maximum Gasteiger partial charge on any atom is 0.251 e. The van der Waals surface area contributed by atoms with Crippen molar-refractivity contribution in [2.75, 3.05) is 34.4 Å². The van der Waals surface area contributed by atoms with E-state index in [4.69, 9.17) is 14.2 Å². The smallest absolute Gasteiger partial charge is 0.251 e. The van der Waals surface area contributed by atoms with E-state index in [-0.39, 0.29) is 5.91 Å². The number of aryl methyl sites for hydroxylation is 1. The first kappa shape index (κ1) is 19.6. The van der Waals surface area contributed by atoms with E-state index in [1.807, 2.05) is 12.1 Å². The molecule has 0 fully saturated rings. The van der Waals surface area contributed by atoms with Gasteiger partial charge in [0, 0.05) is 25.2 Å². The zero-order valence-corrected chi connectivity index (χ0v) is 15.7. The average Bonchev–Trinajstić information content (AvgIpc) is 2.67. The molecule has 0 spiro atoms. The van der Waals surface area contributed by atoms with Crippen molar-refractivity contribution in [1.29, 1.82) is 0 Å². The minimum atomic E-state index is -0.193. The third kappa shape index (κ3) is 4.89. The quantitative estimate of drug-likeness (QED) is 0.674. The maximum absolute atomic E-state index is 12.4. The van der Waals surface area contributed by atoms with Crippen LogP contribution in [0, 0.1) is 6.92 Å². The molecule has 6 nitrogen and oxygen atoms in total. The number of hydrogen-bond acceptors (Lipinski definition) is 5. The average molecular weight is 358 g/mol. The number of rotatable bonds is 9. The zero-order chi connectivity index (χ0) is 18.9. The molecule has 0 saturated carbocycles. The number of methoxy groups -OCH3 is 3. The van der Waals surface area contributed by atoms with Gasteiger partial charge in [0.05, 0.1) is 21.3 Å². The first-order valence-electron chi connectivity index (χ1n) is 8.44. The highest BCUT2D eigenvalue weighted by molar-refractivity contribution is 5.95. The Balaban J connectivity index is 1.89. The number of carbonyl (C=O) groups is 1. The molecule has 2 N–H and O–H groups in total. The van der Waals surface area contributed by atoms with Crippen LogP contribution in [0.4, 0.5) is 0 Å². The zero-order valence-electron chi connectivity index (χ0n) is 15.7. The summed E-state index contributed by atoms with van der Waals surface area (Å²) in [6.07, 6.45) is 0. The molecule has 2 rings (SSSR count). The molecule has 6 heteroatoms. The fourth-order valence-electron chi connectivity index (χ4n) is 2.61. The Hall–Kier alpha value is -2.73. The summed E-state index contributed by atoms with van der Waals surface area (Å²) in [5.74, 6) is 1.18. The van der Waals surface area contributed by atoms with Gasteiger partial charge in [-0.05, 0) is 30.2 Å². The standard InChI is InChI=1S/C20H26N2O4/c1-14-7-5-6-8-15(14)13-21-9-10-22-20(23)16-11-17(24-2)19(26-4)18(12-16)25-3/h5-8,11-12,21H,9-10,13H2,1-4H3,(H,22,23). The molecule has 0 unspecified atom stereocenters. The molecule has 2 aromatic carbocycles. The van der Waals surface area contributed by atoms with E-state index in [0.717, 1.165) is 6.54 Å². The molecule has 0 heterocycles. The van der Waals surface area contributed by atoms with Crippen LogP contribution in [0.15, 0.2) is 36.4 Å². The Kier molecular flexibility index (Phi) is 7.29. The predicted octanol–water partition coefficient (Wildman–Crippen LogP) is 2.54. The van der Waals surface area contributed by atoms with Crippen molar-refractivity contribution in [1.82, 2.24) is 10.6 Å². The normalized spacial score (nSPS) is 10.3. The molecule has 140 valence electrons. The Morgan fingerprint density at radius 2 is 1.62 bits per heavy atom. The molecule has 0 aliphatic heterocycles. The Bertz CT molecular complexity index is 721. The van der Waals surface area contributed by atoms with Gasteiger partial charge in [-0.2, -0.15) is 0 Å². The summed E-state index contributed by atoms with van der Waals surface area (Å²) in [6.45, 7) is 4.04.